The number of aryl methyl sites for hydroxylation is 1. The first-order valence-corrected chi connectivity index (χ1v) is 6.54. The van der Waals surface area contributed by atoms with Crippen LogP contribution in [0.1, 0.15) is 23.6 Å². The normalized spacial score (nSPS) is 13.8. The van der Waals surface area contributed by atoms with Crippen molar-refractivity contribution in [3.05, 3.63) is 65.0 Å². The molecule has 2 aromatic carbocycles. The molecule has 0 aliphatic rings. The second-order valence-corrected chi connectivity index (χ2v) is 5.26. The Kier molecular flexibility index (Phi) is 4.09. The summed E-state index contributed by atoms with van der Waals surface area (Å²) in [6, 6.07) is 12.3. The molecule has 2 aromatic rings. The zero-order valence-corrected chi connectivity index (χ0v) is 12.0. The van der Waals surface area contributed by atoms with Gasteiger partial charge in [0.25, 0.3) is 0 Å². The second kappa shape index (κ2) is 5.63. The molecule has 2 nitrogen and oxygen atoms in total. The van der Waals surface area contributed by atoms with Crippen molar-refractivity contribution in [2.75, 3.05) is 7.11 Å². The van der Waals surface area contributed by atoms with Crippen molar-refractivity contribution >= 4 is 0 Å². The van der Waals surface area contributed by atoms with Gasteiger partial charge in [0.15, 0.2) is 0 Å². The maximum Gasteiger partial charge on any atom is 0.126 e. The fourth-order valence-electron chi connectivity index (χ4n) is 2.22. The fourth-order valence-corrected chi connectivity index (χ4v) is 2.22. The summed E-state index contributed by atoms with van der Waals surface area (Å²) in [7, 11) is 1.62. The molecule has 1 N–H and O–H groups in total. The Bertz CT molecular complexity index is 588. The molecule has 0 saturated heterocycles. The molecule has 1 atom stereocenters. The minimum absolute atomic E-state index is 0.256. The lowest BCUT2D eigenvalue weighted by molar-refractivity contribution is 0.0575. The van der Waals surface area contributed by atoms with Crippen molar-refractivity contribution in [3.63, 3.8) is 0 Å². The number of aliphatic hydroxyl groups is 1. The summed E-state index contributed by atoms with van der Waals surface area (Å²) in [6.07, 6.45) is 0.460. The van der Waals surface area contributed by atoms with Crippen LogP contribution < -0.4 is 4.74 Å². The Morgan fingerprint density at radius 1 is 1.15 bits per heavy atom. The number of hydrogen-bond acceptors (Lipinski definition) is 2. The van der Waals surface area contributed by atoms with Gasteiger partial charge in [-0.25, -0.2) is 4.39 Å². The van der Waals surface area contributed by atoms with Crippen LogP contribution in [0.5, 0.6) is 5.75 Å². The Morgan fingerprint density at radius 2 is 1.80 bits per heavy atom. The first-order valence-electron chi connectivity index (χ1n) is 6.54. The van der Waals surface area contributed by atoms with E-state index < -0.39 is 5.60 Å². The van der Waals surface area contributed by atoms with E-state index in [0.29, 0.717) is 17.5 Å². The molecule has 0 heterocycles. The lowest BCUT2D eigenvalue weighted by Crippen LogP contribution is -2.24. The predicted molar refractivity (Wildman–Crippen MR) is 77.4 cm³/mol. The summed E-state index contributed by atoms with van der Waals surface area (Å²) >= 11 is 0. The van der Waals surface area contributed by atoms with Crippen molar-refractivity contribution in [1.29, 1.82) is 0 Å². The minimum atomic E-state index is -1.03. The first kappa shape index (κ1) is 14.5. The molecule has 0 saturated carbocycles. The van der Waals surface area contributed by atoms with Crippen molar-refractivity contribution in [2.45, 2.75) is 25.9 Å². The van der Waals surface area contributed by atoms with Gasteiger partial charge in [-0.3, -0.25) is 0 Å². The highest BCUT2D eigenvalue weighted by molar-refractivity contribution is 5.32. The van der Waals surface area contributed by atoms with Crippen LogP contribution in [0.4, 0.5) is 4.39 Å². The summed E-state index contributed by atoms with van der Waals surface area (Å²) in [6.45, 7) is 3.44. The molecule has 0 spiro atoms. The first-order chi connectivity index (χ1) is 9.42. The van der Waals surface area contributed by atoms with E-state index in [9.17, 15) is 9.50 Å². The van der Waals surface area contributed by atoms with E-state index in [1.54, 1.807) is 33.1 Å². The lowest BCUT2D eigenvalue weighted by Gasteiger charge is -2.24. The summed E-state index contributed by atoms with van der Waals surface area (Å²) < 4.78 is 18.4. The van der Waals surface area contributed by atoms with E-state index in [1.807, 2.05) is 24.3 Å². The van der Waals surface area contributed by atoms with Crippen LogP contribution in [-0.4, -0.2) is 12.2 Å². The quantitative estimate of drug-likeness (QED) is 0.923. The molecule has 1 unspecified atom stereocenters. The summed E-state index contributed by atoms with van der Waals surface area (Å²) in [5.41, 5.74) is 1.22. The van der Waals surface area contributed by atoms with E-state index in [4.69, 9.17) is 4.74 Å². The number of hydrogen-bond donors (Lipinski definition) is 1. The number of methoxy groups -OCH3 is 1. The molecule has 20 heavy (non-hydrogen) atoms. The average molecular weight is 274 g/mol. The molecule has 106 valence electrons. The third-order valence-electron chi connectivity index (χ3n) is 3.49. The topological polar surface area (TPSA) is 29.5 Å². The molecule has 0 aromatic heterocycles. The van der Waals surface area contributed by atoms with Crippen LogP contribution in [0.15, 0.2) is 42.5 Å². The Labute approximate surface area is 118 Å². The molecular weight excluding hydrogens is 255 g/mol. The van der Waals surface area contributed by atoms with Gasteiger partial charge in [-0.15, -0.1) is 0 Å². The zero-order chi connectivity index (χ0) is 14.8. The SMILES string of the molecule is COc1ccc(CC(C)(O)c2ccc(F)c(C)c2)cc1. The monoisotopic (exact) mass is 274 g/mol. The third-order valence-corrected chi connectivity index (χ3v) is 3.49. The van der Waals surface area contributed by atoms with E-state index in [2.05, 4.69) is 0 Å². The summed E-state index contributed by atoms with van der Waals surface area (Å²) in [4.78, 5) is 0. The van der Waals surface area contributed by atoms with Crippen molar-refractivity contribution in [1.82, 2.24) is 0 Å². The van der Waals surface area contributed by atoms with Crippen molar-refractivity contribution in [2.24, 2.45) is 0 Å². The Balaban J connectivity index is 2.22. The van der Waals surface area contributed by atoms with Gasteiger partial charge in [0.1, 0.15) is 11.6 Å². The number of ether oxygens (including phenoxy) is 1. The van der Waals surface area contributed by atoms with Gasteiger partial charge in [0.2, 0.25) is 0 Å². The van der Waals surface area contributed by atoms with Gasteiger partial charge in [-0.2, -0.15) is 0 Å². The van der Waals surface area contributed by atoms with Crippen LogP contribution in [0.25, 0.3) is 0 Å². The largest absolute Gasteiger partial charge is 0.497 e. The van der Waals surface area contributed by atoms with Gasteiger partial charge in [-0.05, 0) is 48.7 Å². The van der Waals surface area contributed by atoms with Crippen molar-refractivity contribution < 1.29 is 14.2 Å². The minimum Gasteiger partial charge on any atom is -0.497 e. The van der Waals surface area contributed by atoms with Gasteiger partial charge >= 0.3 is 0 Å². The molecule has 0 aliphatic carbocycles. The average Bonchev–Trinajstić information content (AvgIpc) is 2.42. The molecule has 0 bridgehead atoms. The Hall–Kier alpha value is -1.87. The van der Waals surface area contributed by atoms with Gasteiger partial charge < -0.3 is 9.84 Å². The second-order valence-electron chi connectivity index (χ2n) is 5.26. The third kappa shape index (κ3) is 3.17. The maximum absolute atomic E-state index is 13.3. The molecule has 0 fully saturated rings. The van der Waals surface area contributed by atoms with Crippen LogP contribution in [0.2, 0.25) is 0 Å². The summed E-state index contributed by atoms with van der Waals surface area (Å²) in [5.74, 6) is 0.528. The maximum atomic E-state index is 13.3. The van der Waals surface area contributed by atoms with Crippen molar-refractivity contribution in [3.8, 4) is 5.75 Å². The summed E-state index contributed by atoms with van der Waals surface area (Å²) in [5, 5.41) is 10.6. The zero-order valence-electron chi connectivity index (χ0n) is 12.0. The van der Waals surface area contributed by atoms with Crippen LogP contribution in [0, 0.1) is 12.7 Å². The predicted octanol–water partition coefficient (Wildman–Crippen LogP) is 3.59. The highest BCUT2D eigenvalue weighted by atomic mass is 19.1. The van der Waals surface area contributed by atoms with Crippen LogP contribution >= 0.6 is 0 Å². The van der Waals surface area contributed by atoms with E-state index in [1.165, 1.54) is 6.07 Å². The number of rotatable bonds is 4. The Morgan fingerprint density at radius 3 is 2.35 bits per heavy atom. The highest BCUT2D eigenvalue weighted by Gasteiger charge is 2.24. The smallest absolute Gasteiger partial charge is 0.126 e. The standard InChI is InChI=1S/C17H19FO2/c1-12-10-14(6-9-16(12)18)17(2,19)11-13-4-7-15(20-3)8-5-13/h4-10,19H,11H2,1-3H3. The lowest BCUT2D eigenvalue weighted by atomic mass is 9.88. The van der Waals surface area contributed by atoms with E-state index in [-0.39, 0.29) is 5.82 Å². The van der Waals surface area contributed by atoms with E-state index >= 15 is 0 Å². The van der Waals surface area contributed by atoms with E-state index in [0.717, 1.165) is 11.3 Å². The van der Waals surface area contributed by atoms with Gasteiger partial charge in [0, 0.05) is 6.42 Å². The molecular formula is C17H19FO2. The highest BCUT2D eigenvalue weighted by Crippen LogP contribution is 2.27. The molecule has 2 rings (SSSR count). The molecule has 3 heteroatoms. The fraction of sp³-hybridized carbons (Fsp3) is 0.294. The molecule has 0 amide bonds. The van der Waals surface area contributed by atoms with Gasteiger partial charge in [-0.1, -0.05) is 24.3 Å². The van der Waals surface area contributed by atoms with Crippen LogP contribution in [-0.2, 0) is 12.0 Å². The number of benzene rings is 2. The molecule has 0 radical (unpaired) electrons. The molecule has 0 aliphatic heterocycles. The number of halogens is 1. The van der Waals surface area contributed by atoms with Crippen LogP contribution in [0.3, 0.4) is 0 Å². The van der Waals surface area contributed by atoms with Gasteiger partial charge in [0.05, 0.1) is 12.7 Å².